The van der Waals surface area contributed by atoms with Gasteiger partial charge in [-0.3, -0.25) is 4.90 Å². The Bertz CT molecular complexity index is 367. The monoisotopic (exact) mass is 405 g/mol. The van der Waals surface area contributed by atoms with E-state index in [0.29, 0.717) is 0 Å². The highest BCUT2D eigenvalue weighted by molar-refractivity contribution is 5.09. The zero-order valence-corrected chi connectivity index (χ0v) is 20.7. The third-order valence-electron chi connectivity index (χ3n) is 6.96. The topological polar surface area (TPSA) is 3.24 Å². The highest BCUT2D eigenvalue weighted by Crippen LogP contribution is 2.24. The van der Waals surface area contributed by atoms with Gasteiger partial charge < -0.3 is 0 Å². The second-order valence-corrected chi connectivity index (χ2v) is 9.73. The summed E-state index contributed by atoms with van der Waals surface area (Å²) in [5.74, 6) is 0. The van der Waals surface area contributed by atoms with Crippen LogP contribution in [0.15, 0.2) is 11.6 Å². The van der Waals surface area contributed by atoms with E-state index in [9.17, 15) is 0 Å². The van der Waals surface area contributed by atoms with Gasteiger partial charge in [-0.25, -0.2) is 0 Å². The summed E-state index contributed by atoms with van der Waals surface area (Å²) in [5.41, 5.74) is 1.68. The van der Waals surface area contributed by atoms with E-state index in [0.717, 1.165) is 6.04 Å². The number of nitrogens with zero attached hydrogens (tertiary/aromatic N) is 1. The van der Waals surface area contributed by atoms with Gasteiger partial charge in [0.25, 0.3) is 0 Å². The highest BCUT2D eigenvalue weighted by atomic mass is 15.2. The molecule has 1 fully saturated rings. The van der Waals surface area contributed by atoms with Gasteiger partial charge in [-0.1, -0.05) is 122 Å². The fourth-order valence-corrected chi connectivity index (χ4v) is 4.97. The van der Waals surface area contributed by atoms with Gasteiger partial charge in [-0.05, 0) is 52.1 Å². The predicted molar refractivity (Wildman–Crippen MR) is 133 cm³/mol. The van der Waals surface area contributed by atoms with Crippen molar-refractivity contribution in [1.82, 2.24) is 4.90 Å². The summed E-state index contributed by atoms with van der Waals surface area (Å²) >= 11 is 0. The van der Waals surface area contributed by atoms with Gasteiger partial charge in [0.05, 0.1) is 0 Å². The van der Waals surface area contributed by atoms with Crippen LogP contribution in [0.25, 0.3) is 0 Å². The highest BCUT2D eigenvalue weighted by Gasteiger charge is 2.22. The summed E-state index contributed by atoms with van der Waals surface area (Å²) < 4.78 is 0. The molecule has 1 unspecified atom stereocenters. The van der Waals surface area contributed by atoms with E-state index >= 15 is 0 Å². The number of unbranched alkanes of at least 4 members (excludes halogenated alkanes) is 15. The molecular weight excluding hydrogens is 350 g/mol. The van der Waals surface area contributed by atoms with E-state index in [1.165, 1.54) is 142 Å². The lowest BCUT2D eigenvalue weighted by molar-refractivity contribution is 0.255. The standard InChI is InChI=1S/C28H55N/c1-4-6-8-10-12-13-14-16-18-20-24-28(29-25-21-22-26-29)27(3)23-19-17-15-11-9-7-5-2/h23,28H,4-22,24-26H2,1-3H3. The van der Waals surface area contributed by atoms with Gasteiger partial charge in [-0.2, -0.15) is 0 Å². The summed E-state index contributed by atoms with van der Waals surface area (Å²) in [6, 6.07) is 0.742. The van der Waals surface area contributed by atoms with E-state index in [2.05, 4.69) is 31.7 Å². The molecule has 0 bridgehead atoms. The van der Waals surface area contributed by atoms with Gasteiger partial charge in [0, 0.05) is 6.04 Å². The van der Waals surface area contributed by atoms with E-state index in [1.807, 2.05) is 0 Å². The third-order valence-corrected chi connectivity index (χ3v) is 6.96. The van der Waals surface area contributed by atoms with Crippen LogP contribution in [0.5, 0.6) is 0 Å². The Balaban J connectivity index is 2.18. The van der Waals surface area contributed by atoms with Gasteiger partial charge in [-0.15, -0.1) is 0 Å². The first-order chi connectivity index (χ1) is 14.3. The molecule has 0 aromatic heterocycles. The number of likely N-dealkylation sites (tertiary alicyclic amines) is 1. The van der Waals surface area contributed by atoms with Gasteiger partial charge in [0.2, 0.25) is 0 Å². The Morgan fingerprint density at radius 2 is 1.10 bits per heavy atom. The summed E-state index contributed by atoms with van der Waals surface area (Å²) in [4.78, 5) is 2.79. The molecule has 0 aromatic carbocycles. The van der Waals surface area contributed by atoms with Crippen LogP contribution in [0.3, 0.4) is 0 Å². The first-order valence-corrected chi connectivity index (χ1v) is 13.7. The van der Waals surface area contributed by atoms with Gasteiger partial charge >= 0.3 is 0 Å². The molecule has 1 rings (SSSR count). The lowest BCUT2D eigenvalue weighted by atomic mass is 9.97. The van der Waals surface area contributed by atoms with Crippen molar-refractivity contribution in [3.63, 3.8) is 0 Å². The Labute approximate surface area is 185 Å². The van der Waals surface area contributed by atoms with Crippen LogP contribution in [0.2, 0.25) is 0 Å². The molecule has 1 aliphatic heterocycles. The van der Waals surface area contributed by atoms with E-state index < -0.39 is 0 Å². The molecule has 0 spiro atoms. The third kappa shape index (κ3) is 14.4. The molecular formula is C28H55N. The largest absolute Gasteiger partial charge is 0.297 e. The van der Waals surface area contributed by atoms with Crippen molar-refractivity contribution in [2.24, 2.45) is 0 Å². The Hall–Kier alpha value is -0.300. The molecule has 1 atom stereocenters. The Kier molecular flexibility index (Phi) is 18.1. The number of allylic oxidation sites excluding steroid dienone is 1. The van der Waals surface area contributed by atoms with Crippen LogP contribution in [-0.4, -0.2) is 24.0 Å². The average Bonchev–Trinajstić information content (AvgIpc) is 3.25. The maximum Gasteiger partial charge on any atom is 0.0304 e. The predicted octanol–water partition coefficient (Wildman–Crippen LogP) is 9.46. The number of hydrogen-bond acceptors (Lipinski definition) is 1. The second-order valence-electron chi connectivity index (χ2n) is 9.73. The maximum absolute atomic E-state index is 2.79. The second kappa shape index (κ2) is 19.7. The fraction of sp³-hybridized carbons (Fsp3) is 0.929. The quantitative estimate of drug-likeness (QED) is 0.144. The zero-order chi connectivity index (χ0) is 21.0. The summed E-state index contributed by atoms with van der Waals surface area (Å²) in [6.07, 6.45) is 31.1. The lowest BCUT2D eigenvalue weighted by Crippen LogP contribution is -2.33. The number of rotatable bonds is 20. The van der Waals surface area contributed by atoms with Crippen molar-refractivity contribution in [2.75, 3.05) is 13.1 Å². The Morgan fingerprint density at radius 3 is 1.62 bits per heavy atom. The molecule has 1 nitrogen and oxygen atoms in total. The SMILES string of the molecule is CCCCCCCCC=C(C)C(CCCCCCCCCCCC)N1CCCC1. The van der Waals surface area contributed by atoms with Crippen molar-refractivity contribution < 1.29 is 0 Å². The summed E-state index contributed by atoms with van der Waals surface area (Å²) in [6.45, 7) is 9.71. The normalized spacial score (nSPS) is 16.6. The molecule has 1 saturated heterocycles. The number of hydrogen-bond donors (Lipinski definition) is 0. The van der Waals surface area contributed by atoms with Crippen LogP contribution in [0, 0.1) is 0 Å². The molecule has 0 aromatic rings. The van der Waals surface area contributed by atoms with Crippen LogP contribution < -0.4 is 0 Å². The summed E-state index contributed by atoms with van der Waals surface area (Å²) in [5, 5.41) is 0. The minimum atomic E-state index is 0.742. The minimum Gasteiger partial charge on any atom is -0.297 e. The molecule has 1 aliphatic rings. The molecule has 172 valence electrons. The van der Waals surface area contributed by atoms with Crippen molar-refractivity contribution in [3.8, 4) is 0 Å². The molecule has 1 heterocycles. The fourth-order valence-electron chi connectivity index (χ4n) is 4.97. The lowest BCUT2D eigenvalue weighted by Gasteiger charge is -2.29. The summed E-state index contributed by atoms with van der Waals surface area (Å²) in [7, 11) is 0. The smallest absolute Gasteiger partial charge is 0.0304 e. The first kappa shape index (κ1) is 26.7. The van der Waals surface area contributed by atoms with Crippen LogP contribution in [0.4, 0.5) is 0 Å². The average molecular weight is 406 g/mol. The van der Waals surface area contributed by atoms with Crippen LogP contribution in [0.1, 0.15) is 149 Å². The molecule has 0 amide bonds. The molecule has 1 heteroatoms. The van der Waals surface area contributed by atoms with E-state index in [1.54, 1.807) is 5.57 Å². The van der Waals surface area contributed by atoms with E-state index in [-0.39, 0.29) is 0 Å². The molecule has 0 saturated carbocycles. The van der Waals surface area contributed by atoms with Crippen LogP contribution >= 0.6 is 0 Å². The van der Waals surface area contributed by atoms with Gasteiger partial charge in [0.15, 0.2) is 0 Å². The minimum absolute atomic E-state index is 0.742. The maximum atomic E-state index is 2.79. The molecule has 0 aliphatic carbocycles. The molecule has 0 radical (unpaired) electrons. The Morgan fingerprint density at radius 1 is 0.655 bits per heavy atom. The molecule has 29 heavy (non-hydrogen) atoms. The van der Waals surface area contributed by atoms with Crippen LogP contribution in [-0.2, 0) is 0 Å². The van der Waals surface area contributed by atoms with Gasteiger partial charge in [0.1, 0.15) is 0 Å². The van der Waals surface area contributed by atoms with Crippen molar-refractivity contribution in [2.45, 2.75) is 155 Å². The van der Waals surface area contributed by atoms with Crippen molar-refractivity contribution in [1.29, 1.82) is 0 Å². The van der Waals surface area contributed by atoms with E-state index in [4.69, 9.17) is 0 Å². The van der Waals surface area contributed by atoms with Crippen molar-refractivity contribution >= 4 is 0 Å². The molecule has 0 N–H and O–H groups in total. The van der Waals surface area contributed by atoms with Crippen molar-refractivity contribution in [3.05, 3.63) is 11.6 Å². The zero-order valence-electron chi connectivity index (χ0n) is 20.7. The first-order valence-electron chi connectivity index (χ1n) is 13.7.